The number of nitrogens with one attached hydrogen (secondary N) is 1. The van der Waals surface area contributed by atoms with Crippen molar-refractivity contribution in [1.82, 2.24) is 14.9 Å². The Morgan fingerprint density at radius 1 is 1.55 bits per heavy atom. The quantitative estimate of drug-likeness (QED) is 0.393. The van der Waals surface area contributed by atoms with Crippen molar-refractivity contribution in [1.29, 1.82) is 0 Å². The third-order valence-electron chi connectivity index (χ3n) is 2.99. The van der Waals surface area contributed by atoms with E-state index in [9.17, 15) is 4.79 Å². The minimum Gasteiger partial charge on any atom is -0.499 e. The van der Waals surface area contributed by atoms with Crippen LogP contribution in [0.25, 0.3) is 0 Å². The molecule has 0 spiro atoms. The predicted octanol–water partition coefficient (Wildman–Crippen LogP) is 2.76. The van der Waals surface area contributed by atoms with E-state index >= 15 is 0 Å². The molecule has 1 amide bonds. The van der Waals surface area contributed by atoms with Crippen LogP contribution in [0.4, 0.5) is 5.82 Å². The molecule has 0 atom stereocenters. The molecule has 1 aromatic heterocycles. The van der Waals surface area contributed by atoms with Gasteiger partial charge in [0.05, 0.1) is 12.4 Å². The molecular weight excluding hydrogens is 304 g/mol. The van der Waals surface area contributed by atoms with Gasteiger partial charge in [0.1, 0.15) is 0 Å². The molecule has 0 aliphatic rings. The van der Waals surface area contributed by atoms with Crippen LogP contribution in [0, 0.1) is 0 Å². The van der Waals surface area contributed by atoms with E-state index in [4.69, 9.17) is 22.1 Å². The van der Waals surface area contributed by atoms with Crippen LogP contribution in [0.3, 0.4) is 0 Å². The molecule has 1 aromatic rings. The summed E-state index contributed by atoms with van der Waals surface area (Å²) < 4.78 is 6.79. The van der Waals surface area contributed by atoms with Crippen molar-refractivity contribution in [2.75, 3.05) is 18.9 Å². The van der Waals surface area contributed by atoms with Gasteiger partial charge in [-0.25, -0.2) is 4.98 Å². The maximum absolute atomic E-state index is 12.2. The minimum atomic E-state index is -0.289. The van der Waals surface area contributed by atoms with Gasteiger partial charge in [0.2, 0.25) is 5.28 Å². The second kappa shape index (κ2) is 9.15. The van der Waals surface area contributed by atoms with E-state index in [-0.39, 0.29) is 22.7 Å². The van der Waals surface area contributed by atoms with Gasteiger partial charge in [-0.05, 0) is 31.4 Å². The molecule has 0 aromatic carbocycles. The molecule has 0 bridgehead atoms. The summed E-state index contributed by atoms with van der Waals surface area (Å²) in [5.74, 6) is 0.602. The molecule has 22 heavy (non-hydrogen) atoms. The Balaban J connectivity index is 2.46. The van der Waals surface area contributed by atoms with Gasteiger partial charge in [-0.15, -0.1) is 6.58 Å². The molecule has 0 unspecified atom stereocenters. The maximum Gasteiger partial charge on any atom is 0.271 e. The Morgan fingerprint density at radius 3 is 2.91 bits per heavy atom. The first-order chi connectivity index (χ1) is 10.5. The van der Waals surface area contributed by atoms with Crippen molar-refractivity contribution in [2.24, 2.45) is 0 Å². The number of amides is 1. The van der Waals surface area contributed by atoms with Crippen LogP contribution in [0.1, 0.15) is 36.7 Å². The Hall–Kier alpha value is -1.95. The van der Waals surface area contributed by atoms with Crippen molar-refractivity contribution in [3.63, 3.8) is 0 Å². The van der Waals surface area contributed by atoms with Crippen LogP contribution >= 0.6 is 11.6 Å². The van der Waals surface area contributed by atoms with Crippen LogP contribution < -0.4 is 11.1 Å². The summed E-state index contributed by atoms with van der Waals surface area (Å²) in [7, 11) is 0. The number of halogens is 1. The highest BCUT2D eigenvalue weighted by molar-refractivity contribution is 6.29. The van der Waals surface area contributed by atoms with Gasteiger partial charge in [0.25, 0.3) is 5.91 Å². The first kappa shape index (κ1) is 18.1. The molecule has 7 heteroatoms. The number of hydrogen-bond acceptors (Lipinski definition) is 4. The maximum atomic E-state index is 12.2. The number of imidazole rings is 1. The highest BCUT2D eigenvalue weighted by Crippen LogP contribution is 2.18. The number of carbonyl (C=O) groups is 1. The molecule has 6 nitrogen and oxygen atoms in total. The van der Waals surface area contributed by atoms with Gasteiger partial charge in [-0.1, -0.05) is 12.7 Å². The molecule has 1 rings (SSSR count). The fourth-order valence-electron chi connectivity index (χ4n) is 1.99. The summed E-state index contributed by atoms with van der Waals surface area (Å²) in [5, 5.41) is 2.99. The Morgan fingerprint density at radius 2 is 2.27 bits per heavy atom. The molecule has 0 aliphatic heterocycles. The van der Waals surface area contributed by atoms with Crippen LogP contribution in [0.2, 0.25) is 5.28 Å². The third kappa shape index (κ3) is 5.11. The van der Waals surface area contributed by atoms with Gasteiger partial charge < -0.3 is 20.4 Å². The number of ether oxygens (including phenoxy) is 1. The zero-order valence-electron chi connectivity index (χ0n) is 12.9. The standard InChI is InChI=1S/C15H23ClN4O2/c1-4-10-20-12(13(17)19-15(20)16)14(21)18-9-7-6-8-11(3)22-5-2/h4H,1,3,5-10,17H2,2H3,(H,18,21). The largest absolute Gasteiger partial charge is 0.499 e. The van der Waals surface area contributed by atoms with E-state index in [1.165, 1.54) is 4.57 Å². The summed E-state index contributed by atoms with van der Waals surface area (Å²) in [6, 6.07) is 0. The Labute approximate surface area is 136 Å². The summed E-state index contributed by atoms with van der Waals surface area (Å²) in [6.07, 6.45) is 4.12. The fraction of sp³-hybridized carbons (Fsp3) is 0.467. The predicted molar refractivity (Wildman–Crippen MR) is 88.8 cm³/mol. The van der Waals surface area contributed by atoms with Crippen molar-refractivity contribution in [3.8, 4) is 0 Å². The SMILES string of the molecule is C=CCn1c(Cl)nc(N)c1C(=O)NCCCCC(=C)OCC. The van der Waals surface area contributed by atoms with Gasteiger partial charge in [-0.3, -0.25) is 4.79 Å². The number of nitrogen functional groups attached to an aromatic ring is 1. The lowest BCUT2D eigenvalue weighted by Gasteiger charge is -2.09. The van der Waals surface area contributed by atoms with E-state index in [1.54, 1.807) is 6.08 Å². The average molecular weight is 327 g/mol. The number of aromatic nitrogens is 2. The number of unbranched alkanes of at least 4 members (excludes halogenated alkanes) is 1. The number of nitrogens with two attached hydrogens (primary N) is 1. The van der Waals surface area contributed by atoms with Crippen LogP contribution in [-0.2, 0) is 11.3 Å². The lowest BCUT2D eigenvalue weighted by molar-refractivity contribution is 0.0945. The summed E-state index contributed by atoms with van der Waals surface area (Å²) >= 11 is 5.94. The monoisotopic (exact) mass is 326 g/mol. The molecule has 0 fully saturated rings. The zero-order chi connectivity index (χ0) is 16.5. The van der Waals surface area contributed by atoms with Crippen LogP contribution in [0.5, 0.6) is 0 Å². The smallest absolute Gasteiger partial charge is 0.271 e. The first-order valence-electron chi connectivity index (χ1n) is 7.22. The molecular formula is C15H23ClN4O2. The lowest BCUT2D eigenvalue weighted by Crippen LogP contribution is -2.27. The average Bonchev–Trinajstić information content (AvgIpc) is 2.73. The molecule has 0 saturated heterocycles. The minimum absolute atomic E-state index is 0.120. The lowest BCUT2D eigenvalue weighted by atomic mass is 10.2. The van der Waals surface area contributed by atoms with Gasteiger partial charge >= 0.3 is 0 Å². The highest BCUT2D eigenvalue weighted by atomic mass is 35.5. The summed E-state index contributed by atoms with van der Waals surface area (Å²) in [5.41, 5.74) is 6.00. The third-order valence-corrected chi connectivity index (χ3v) is 3.28. The van der Waals surface area contributed by atoms with E-state index in [1.807, 2.05) is 6.92 Å². The van der Waals surface area contributed by atoms with E-state index in [0.717, 1.165) is 25.0 Å². The summed E-state index contributed by atoms with van der Waals surface area (Å²) in [6.45, 7) is 10.9. The normalized spacial score (nSPS) is 10.3. The molecule has 122 valence electrons. The van der Waals surface area contributed by atoms with Crippen molar-refractivity contribution in [3.05, 3.63) is 36.0 Å². The zero-order valence-corrected chi connectivity index (χ0v) is 13.7. The number of nitrogens with zero attached hydrogens (tertiary/aromatic N) is 2. The van der Waals surface area contributed by atoms with Crippen molar-refractivity contribution in [2.45, 2.75) is 32.7 Å². The molecule has 3 N–H and O–H groups in total. The second-order valence-corrected chi connectivity index (χ2v) is 5.04. The van der Waals surface area contributed by atoms with Gasteiger partial charge in [-0.2, -0.15) is 0 Å². The van der Waals surface area contributed by atoms with Crippen LogP contribution in [0.15, 0.2) is 25.0 Å². The number of carbonyl (C=O) groups excluding carboxylic acids is 1. The molecule has 0 aliphatic carbocycles. The molecule has 0 saturated carbocycles. The van der Waals surface area contributed by atoms with Crippen molar-refractivity contribution < 1.29 is 9.53 Å². The van der Waals surface area contributed by atoms with Crippen LogP contribution in [-0.4, -0.2) is 28.6 Å². The van der Waals surface area contributed by atoms with Crippen molar-refractivity contribution >= 4 is 23.3 Å². The first-order valence-corrected chi connectivity index (χ1v) is 7.60. The van der Waals surface area contributed by atoms with E-state index < -0.39 is 0 Å². The summed E-state index contributed by atoms with van der Waals surface area (Å²) in [4.78, 5) is 16.1. The molecule has 1 heterocycles. The number of hydrogen-bond donors (Lipinski definition) is 2. The number of allylic oxidation sites excluding steroid dienone is 2. The fourth-order valence-corrected chi connectivity index (χ4v) is 2.23. The van der Waals surface area contributed by atoms with E-state index in [0.29, 0.717) is 19.7 Å². The topological polar surface area (TPSA) is 82.2 Å². The van der Waals surface area contributed by atoms with Gasteiger partial charge in [0.15, 0.2) is 11.5 Å². The van der Waals surface area contributed by atoms with E-state index in [2.05, 4.69) is 23.5 Å². The highest BCUT2D eigenvalue weighted by Gasteiger charge is 2.19. The molecule has 0 radical (unpaired) electrons. The number of rotatable bonds is 10. The number of anilines is 1. The Bertz CT molecular complexity index is 540. The van der Waals surface area contributed by atoms with Gasteiger partial charge in [0, 0.05) is 19.5 Å². The Kier molecular flexibility index (Phi) is 7.52. The second-order valence-electron chi connectivity index (χ2n) is 4.70.